The van der Waals surface area contributed by atoms with Crippen LogP contribution in [-0.4, -0.2) is 12.3 Å². The van der Waals surface area contributed by atoms with Crippen LogP contribution in [0.2, 0.25) is 0 Å². The second-order valence-electron chi connectivity index (χ2n) is 3.97. The van der Waals surface area contributed by atoms with Crippen molar-refractivity contribution in [1.29, 1.82) is 0 Å². The molecule has 88 valence electrons. The molecule has 1 aromatic carbocycles. The number of Topliss-reactive ketones (excluding diaryl/α,β-unsaturated/α-hetero) is 1. The lowest BCUT2D eigenvalue weighted by Crippen LogP contribution is -2.21. The quantitative estimate of drug-likeness (QED) is 0.841. The summed E-state index contributed by atoms with van der Waals surface area (Å²) in [4.78, 5) is 14.3. The second kappa shape index (κ2) is 5.25. The van der Waals surface area contributed by atoms with E-state index in [1.54, 1.807) is 0 Å². The van der Waals surface area contributed by atoms with E-state index in [0.717, 1.165) is 15.3 Å². The van der Waals surface area contributed by atoms with Crippen molar-refractivity contribution in [3.05, 3.63) is 57.8 Å². The lowest BCUT2D eigenvalue weighted by Gasteiger charge is -2.12. The van der Waals surface area contributed by atoms with E-state index in [1.165, 1.54) is 11.3 Å². The van der Waals surface area contributed by atoms with Gasteiger partial charge in [-0.15, -0.1) is 11.3 Å². The molecule has 1 atom stereocenters. The SMILES string of the molecule is Cc1ccc(C(=O)C(CN)c2ccccc2)s1. The van der Waals surface area contributed by atoms with Crippen LogP contribution < -0.4 is 5.73 Å². The third-order valence-electron chi connectivity index (χ3n) is 2.74. The number of hydrogen-bond donors (Lipinski definition) is 1. The molecule has 0 saturated heterocycles. The van der Waals surface area contributed by atoms with E-state index in [4.69, 9.17) is 5.73 Å². The predicted molar refractivity (Wildman–Crippen MR) is 71.6 cm³/mol. The van der Waals surface area contributed by atoms with Crippen molar-refractivity contribution in [2.45, 2.75) is 12.8 Å². The first-order chi connectivity index (χ1) is 8.22. The fraction of sp³-hybridized carbons (Fsp3) is 0.214. The molecule has 1 unspecified atom stereocenters. The summed E-state index contributed by atoms with van der Waals surface area (Å²) in [5.74, 6) is -0.106. The predicted octanol–water partition coefficient (Wildman–Crippen LogP) is 2.98. The Kier molecular flexibility index (Phi) is 3.71. The van der Waals surface area contributed by atoms with Crippen LogP contribution in [0.4, 0.5) is 0 Å². The molecule has 0 saturated carbocycles. The van der Waals surface area contributed by atoms with Crippen molar-refractivity contribution in [3.8, 4) is 0 Å². The van der Waals surface area contributed by atoms with Gasteiger partial charge in [-0.2, -0.15) is 0 Å². The molecular weight excluding hydrogens is 230 g/mol. The molecule has 1 heterocycles. The van der Waals surface area contributed by atoms with Crippen LogP contribution >= 0.6 is 11.3 Å². The van der Waals surface area contributed by atoms with Gasteiger partial charge in [0.05, 0.1) is 10.8 Å². The van der Waals surface area contributed by atoms with Crippen LogP contribution in [0.5, 0.6) is 0 Å². The van der Waals surface area contributed by atoms with Crippen LogP contribution in [-0.2, 0) is 0 Å². The Labute approximate surface area is 105 Å². The summed E-state index contributed by atoms with van der Waals surface area (Å²) in [6.07, 6.45) is 0. The molecule has 0 aliphatic heterocycles. The van der Waals surface area contributed by atoms with Gasteiger partial charge in [0.25, 0.3) is 0 Å². The number of benzene rings is 1. The van der Waals surface area contributed by atoms with E-state index in [2.05, 4.69) is 0 Å². The maximum absolute atomic E-state index is 12.3. The van der Waals surface area contributed by atoms with Gasteiger partial charge in [-0.25, -0.2) is 0 Å². The zero-order valence-corrected chi connectivity index (χ0v) is 10.5. The lowest BCUT2D eigenvalue weighted by atomic mass is 9.94. The van der Waals surface area contributed by atoms with Gasteiger partial charge in [0.1, 0.15) is 0 Å². The molecule has 2 rings (SSSR count). The molecule has 0 radical (unpaired) electrons. The fourth-order valence-corrected chi connectivity index (χ4v) is 2.68. The van der Waals surface area contributed by atoms with Crippen molar-refractivity contribution in [3.63, 3.8) is 0 Å². The normalized spacial score (nSPS) is 12.4. The van der Waals surface area contributed by atoms with Gasteiger partial charge >= 0.3 is 0 Å². The van der Waals surface area contributed by atoms with E-state index in [-0.39, 0.29) is 11.7 Å². The number of nitrogens with two attached hydrogens (primary N) is 1. The van der Waals surface area contributed by atoms with Gasteiger partial charge in [-0.1, -0.05) is 30.3 Å². The van der Waals surface area contributed by atoms with Gasteiger partial charge < -0.3 is 5.73 Å². The summed E-state index contributed by atoms with van der Waals surface area (Å²) in [6, 6.07) is 13.6. The highest BCUT2D eigenvalue weighted by atomic mass is 32.1. The smallest absolute Gasteiger partial charge is 0.181 e. The topological polar surface area (TPSA) is 43.1 Å². The van der Waals surface area contributed by atoms with Gasteiger partial charge in [0, 0.05) is 11.4 Å². The van der Waals surface area contributed by atoms with Gasteiger partial charge in [0.15, 0.2) is 5.78 Å². The number of carbonyl (C=O) groups is 1. The summed E-state index contributed by atoms with van der Waals surface area (Å²) in [5.41, 5.74) is 6.73. The molecule has 17 heavy (non-hydrogen) atoms. The highest BCUT2D eigenvalue weighted by molar-refractivity contribution is 7.14. The minimum absolute atomic E-state index is 0.122. The van der Waals surface area contributed by atoms with E-state index < -0.39 is 0 Å². The Morgan fingerprint density at radius 2 is 1.94 bits per heavy atom. The maximum atomic E-state index is 12.3. The summed E-state index contributed by atoms with van der Waals surface area (Å²) in [5, 5.41) is 0. The van der Waals surface area contributed by atoms with E-state index in [0.29, 0.717) is 6.54 Å². The number of thiophene rings is 1. The standard InChI is InChI=1S/C14H15NOS/c1-10-7-8-13(17-10)14(16)12(9-15)11-5-3-2-4-6-11/h2-8,12H,9,15H2,1H3. The monoisotopic (exact) mass is 245 g/mol. The van der Waals surface area contributed by atoms with E-state index in [1.807, 2.05) is 49.4 Å². The molecule has 0 bridgehead atoms. The van der Waals surface area contributed by atoms with E-state index >= 15 is 0 Å². The van der Waals surface area contributed by atoms with Gasteiger partial charge in [-0.05, 0) is 24.6 Å². The maximum Gasteiger partial charge on any atom is 0.181 e. The zero-order chi connectivity index (χ0) is 12.3. The summed E-state index contributed by atoms with van der Waals surface area (Å²) in [6.45, 7) is 2.35. The lowest BCUT2D eigenvalue weighted by molar-refractivity contribution is 0.0966. The molecular formula is C14H15NOS. The first kappa shape index (κ1) is 12.0. The van der Waals surface area contributed by atoms with Crippen LogP contribution in [0.3, 0.4) is 0 Å². The zero-order valence-electron chi connectivity index (χ0n) is 9.72. The highest BCUT2D eigenvalue weighted by Crippen LogP contribution is 2.24. The summed E-state index contributed by atoms with van der Waals surface area (Å²) in [7, 11) is 0. The molecule has 0 aliphatic carbocycles. The number of hydrogen-bond acceptors (Lipinski definition) is 3. The molecule has 0 spiro atoms. The Hall–Kier alpha value is -1.45. The fourth-order valence-electron chi connectivity index (χ4n) is 1.82. The molecule has 3 heteroatoms. The van der Waals surface area contributed by atoms with Crippen molar-refractivity contribution >= 4 is 17.1 Å². The molecule has 2 N–H and O–H groups in total. The summed E-state index contributed by atoms with van der Waals surface area (Å²) < 4.78 is 0. The Bertz CT molecular complexity index is 504. The molecule has 2 nitrogen and oxygen atoms in total. The first-order valence-corrected chi connectivity index (χ1v) is 6.39. The third-order valence-corrected chi connectivity index (χ3v) is 3.75. The number of ketones is 1. The number of carbonyl (C=O) groups excluding carboxylic acids is 1. The van der Waals surface area contributed by atoms with Crippen molar-refractivity contribution in [2.75, 3.05) is 6.54 Å². The van der Waals surface area contributed by atoms with E-state index in [9.17, 15) is 4.79 Å². The van der Waals surface area contributed by atoms with Crippen molar-refractivity contribution in [2.24, 2.45) is 5.73 Å². The Morgan fingerprint density at radius 1 is 1.24 bits per heavy atom. The van der Waals surface area contributed by atoms with Crippen LogP contribution in [0.15, 0.2) is 42.5 Å². The van der Waals surface area contributed by atoms with Crippen LogP contribution in [0, 0.1) is 6.92 Å². The minimum atomic E-state index is -0.228. The van der Waals surface area contributed by atoms with Gasteiger partial charge in [-0.3, -0.25) is 4.79 Å². The summed E-state index contributed by atoms with van der Waals surface area (Å²) >= 11 is 1.53. The van der Waals surface area contributed by atoms with Crippen LogP contribution in [0.1, 0.15) is 26.0 Å². The highest BCUT2D eigenvalue weighted by Gasteiger charge is 2.21. The largest absolute Gasteiger partial charge is 0.329 e. The second-order valence-corrected chi connectivity index (χ2v) is 5.26. The molecule has 0 aliphatic rings. The first-order valence-electron chi connectivity index (χ1n) is 5.58. The molecule has 1 aromatic heterocycles. The minimum Gasteiger partial charge on any atom is -0.329 e. The number of rotatable bonds is 4. The number of aryl methyl sites for hydroxylation is 1. The molecule has 2 aromatic rings. The molecule has 0 amide bonds. The Balaban J connectivity index is 2.28. The van der Waals surface area contributed by atoms with Crippen LogP contribution in [0.25, 0.3) is 0 Å². The Morgan fingerprint density at radius 3 is 2.47 bits per heavy atom. The third kappa shape index (κ3) is 2.62. The van der Waals surface area contributed by atoms with Crippen molar-refractivity contribution in [1.82, 2.24) is 0 Å². The van der Waals surface area contributed by atoms with Gasteiger partial charge in [0.2, 0.25) is 0 Å². The van der Waals surface area contributed by atoms with Crippen molar-refractivity contribution < 1.29 is 4.79 Å². The average molecular weight is 245 g/mol. The average Bonchev–Trinajstić information content (AvgIpc) is 2.78. The molecule has 0 fully saturated rings.